The Morgan fingerprint density at radius 2 is 1.67 bits per heavy atom. The summed E-state index contributed by atoms with van der Waals surface area (Å²) in [6.45, 7) is 1.66. The summed E-state index contributed by atoms with van der Waals surface area (Å²) in [5.41, 5.74) is 0. The number of halogens is 3. The zero-order valence-corrected chi connectivity index (χ0v) is 14.9. The smallest absolute Gasteiger partial charge is 0.262 e. The monoisotopic (exact) mass is 394 g/mol. The fourth-order valence-electron chi connectivity index (χ4n) is 1.51. The Balaban J connectivity index is 2.86. The van der Waals surface area contributed by atoms with Crippen LogP contribution in [0.5, 0.6) is 5.75 Å². The van der Waals surface area contributed by atoms with Gasteiger partial charge in [0, 0.05) is 10.7 Å². The van der Waals surface area contributed by atoms with Crippen molar-refractivity contribution in [1.29, 1.82) is 0 Å². The molecular formula is C11H13Cl3O5S2. The molecule has 0 spiro atoms. The Labute approximate surface area is 138 Å². The molecule has 10 heteroatoms. The SMILES string of the molecule is CCCS(=O)(=O)CCOc1ccc(S(=O)(=O)Cl)c(Cl)c1Cl. The van der Waals surface area contributed by atoms with Crippen LogP contribution in [0.2, 0.25) is 10.0 Å². The third kappa shape index (κ3) is 5.49. The van der Waals surface area contributed by atoms with Gasteiger partial charge in [0.1, 0.15) is 22.3 Å². The van der Waals surface area contributed by atoms with E-state index in [2.05, 4.69) is 0 Å². The second-order valence-corrected chi connectivity index (χ2v) is 9.72. The number of hydrogen-bond donors (Lipinski definition) is 0. The molecule has 21 heavy (non-hydrogen) atoms. The van der Waals surface area contributed by atoms with Gasteiger partial charge in [-0.1, -0.05) is 30.1 Å². The first-order valence-corrected chi connectivity index (χ1v) is 10.7. The number of ether oxygens (including phenoxy) is 1. The second-order valence-electron chi connectivity index (χ2n) is 4.13. The lowest BCUT2D eigenvalue weighted by Crippen LogP contribution is -2.16. The molecule has 0 N–H and O–H groups in total. The highest BCUT2D eigenvalue weighted by atomic mass is 35.7. The van der Waals surface area contributed by atoms with Crippen molar-refractivity contribution in [2.75, 3.05) is 18.1 Å². The Hall–Kier alpha value is -0.210. The lowest BCUT2D eigenvalue weighted by atomic mass is 10.3. The number of benzene rings is 1. The third-order valence-corrected chi connectivity index (χ3v) is 6.60. The Morgan fingerprint density at radius 3 is 2.19 bits per heavy atom. The van der Waals surface area contributed by atoms with Crippen LogP contribution in [0.4, 0.5) is 0 Å². The van der Waals surface area contributed by atoms with Crippen LogP contribution in [0.15, 0.2) is 17.0 Å². The van der Waals surface area contributed by atoms with Crippen LogP contribution in [0.3, 0.4) is 0 Å². The van der Waals surface area contributed by atoms with Crippen LogP contribution < -0.4 is 4.74 Å². The van der Waals surface area contributed by atoms with Crippen molar-refractivity contribution in [3.8, 4) is 5.75 Å². The fraction of sp³-hybridized carbons (Fsp3) is 0.455. The van der Waals surface area contributed by atoms with Gasteiger partial charge in [-0.05, 0) is 18.6 Å². The first-order chi connectivity index (χ1) is 9.58. The standard InChI is InChI=1S/C11H13Cl3O5S2/c1-2-6-20(15,16)7-5-19-8-3-4-9(21(14,17)18)11(13)10(8)12/h3-4H,2,5-7H2,1H3. The molecule has 0 aliphatic heterocycles. The van der Waals surface area contributed by atoms with Crippen molar-refractivity contribution in [1.82, 2.24) is 0 Å². The minimum Gasteiger partial charge on any atom is -0.491 e. The molecule has 0 aromatic heterocycles. The summed E-state index contributed by atoms with van der Waals surface area (Å²) >= 11 is 11.7. The van der Waals surface area contributed by atoms with Crippen LogP contribution >= 0.6 is 33.9 Å². The van der Waals surface area contributed by atoms with Gasteiger partial charge in [-0.25, -0.2) is 16.8 Å². The predicted molar refractivity (Wildman–Crippen MR) is 83.9 cm³/mol. The Bertz CT molecular complexity index is 714. The molecule has 0 bridgehead atoms. The summed E-state index contributed by atoms with van der Waals surface area (Å²) in [5.74, 6) is 0.0101. The molecule has 0 aliphatic rings. The molecule has 1 rings (SSSR count). The third-order valence-electron chi connectivity index (χ3n) is 2.44. The van der Waals surface area contributed by atoms with E-state index in [0.29, 0.717) is 6.42 Å². The fourth-order valence-corrected chi connectivity index (χ4v) is 4.46. The summed E-state index contributed by atoms with van der Waals surface area (Å²) in [5, 5.41) is -0.396. The van der Waals surface area contributed by atoms with Gasteiger partial charge in [-0.2, -0.15) is 0 Å². The van der Waals surface area contributed by atoms with Gasteiger partial charge in [-0.15, -0.1) is 0 Å². The highest BCUT2D eigenvalue weighted by Crippen LogP contribution is 2.37. The zero-order chi connectivity index (χ0) is 16.3. The van der Waals surface area contributed by atoms with E-state index in [0.717, 1.165) is 6.07 Å². The minimum atomic E-state index is -4.02. The van der Waals surface area contributed by atoms with Gasteiger partial charge in [0.05, 0.1) is 16.5 Å². The molecule has 1 aromatic rings. The van der Waals surface area contributed by atoms with E-state index in [9.17, 15) is 16.8 Å². The molecule has 5 nitrogen and oxygen atoms in total. The molecule has 0 amide bonds. The van der Waals surface area contributed by atoms with Crippen LogP contribution in [-0.4, -0.2) is 34.9 Å². The first kappa shape index (κ1) is 18.8. The van der Waals surface area contributed by atoms with Gasteiger partial charge < -0.3 is 4.74 Å². The summed E-state index contributed by atoms with van der Waals surface area (Å²) in [7, 11) is -2.00. The normalized spacial score (nSPS) is 12.4. The maximum Gasteiger partial charge on any atom is 0.262 e. The van der Waals surface area contributed by atoms with Crippen LogP contribution in [-0.2, 0) is 18.9 Å². The number of hydrogen-bond acceptors (Lipinski definition) is 5. The Kier molecular flexibility index (Phi) is 6.61. The first-order valence-electron chi connectivity index (χ1n) is 5.84. The average Bonchev–Trinajstić information content (AvgIpc) is 2.32. The van der Waals surface area contributed by atoms with Crippen LogP contribution in [0.25, 0.3) is 0 Å². The molecule has 0 aliphatic carbocycles. The molecule has 0 saturated heterocycles. The molecular weight excluding hydrogens is 383 g/mol. The zero-order valence-electron chi connectivity index (χ0n) is 11.0. The quantitative estimate of drug-likeness (QED) is 0.663. The largest absolute Gasteiger partial charge is 0.491 e. The van der Waals surface area contributed by atoms with Crippen molar-refractivity contribution in [3.05, 3.63) is 22.2 Å². The Morgan fingerprint density at radius 1 is 1.05 bits per heavy atom. The minimum absolute atomic E-state index is 0.0777. The summed E-state index contributed by atoms with van der Waals surface area (Å²) in [6, 6.07) is 2.42. The second kappa shape index (κ2) is 7.37. The molecule has 0 radical (unpaired) electrons. The topological polar surface area (TPSA) is 77.5 Å². The highest BCUT2D eigenvalue weighted by molar-refractivity contribution is 8.13. The van der Waals surface area contributed by atoms with E-state index in [-0.39, 0.29) is 38.8 Å². The van der Waals surface area contributed by atoms with Crippen molar-refractivity contribution in [2.24, 2.45) is 0 Å². The summed E-state index contributed by atoms with van der Waals surface area (Å²) < 4.78 is 50.8. The lowest BCUT2D eigenvalue weighted by Gasteiger charge is -2.10. The van der Waals surface area contributed by atoms with Crippen molar-refractivity contribution >= 4 is 52.8 Å². The van der Waals surface area contributed by atoms with Crippen molar-refractivity contribution < 1.29 is 21.6 Å². The van der Waals surface area contributed by atoms with Crippen molar-refractivity contribution in [3.63, 3.8) is 0 Å². The van der Waals surface area contributed by atoms with E-state index < -0.39 is 18.9 Å². The van der Waals surface area contributed by atoms with Gasteiger partial charge in [-0.3, -0.25) is 0 Å². The highest BCUT2D eigenvalue weighted by Gasteiger charge is 2.20. The lowest BCUT2D eigenvalue weighted by molar-refractivity contribution is 0.341. The van der Waals surface area contributed by atoms with Crippen LogP contribution in [0.1, 0.15) is 13.3 Å². The number of rotatable bonds is 7. The molecule has 0 fully saturated rings. The van der Waals surface area contributed by atoms with Crippen LogP contribution in [0, 0.1) is 0 Å². The van der Waals surface area contributed by atoms with E-state index in [1.807, 2.05) is 0 Å². The van der Waals surface area contributed by atoms with Gasteiger partial charge >= 0.3 is 0 Å². The summed E-state index contributed by atoms with van der Waals surface area (Å²) in [6.07, 6.45) is 0.525. The summed E-state index contributed by atoms with van der Waals surface area (Å²) in [4.78, 5) is -0.332. The average molecular weight is 396 g/mol. The number of sulfone groups is 1. The molecule has 0 saturated carbocycles. The van der Waals surface area contributed by atoms with Crippen molar-refractivity contribution in [2.45, 2.75) is 18.2 Å². The van der Waals surface area contributed by atoms with E-state index in [4.69, 9.17) is 38.6 Å². The molecule has 120 valence electrons. The van der Waals surface area contributed by atoms with E-state index >= 15 is 0 Å². The molecule has 1 aromatic carbocycles. The maximum atomic E-state index is 11.5. The molecule has 0 heterocycles. The maximum absolute atomic E-state index is 11.5. The van der Waals surface area contributed by atoms with E-state index in [1.165, 1.54) is 6.07 Å². The molecule has 0 atom stereocenters. The predicted octanol–water partition coefficient (Wildman–Crippen LogP) is 3.12. The molecule has 0 unspecified atom stereocenters. The van der Waals surface area contributed by atoms with Gasteiger partial charge in [0.25, 0.3) is 9.05 Å². The van der Waals surface area contributed by atoms with Gasteiger partial charge in [0.15, 0.2) is 9.84 Å². The van der Waals surface area contributed by atoms with Gasteiger partial charge in [0.2, 0.25) is 0 Å². The van der Waals surface area contributed by atoms with E-state index in [1.54, 1.807) is 6.92 Å².